The minimum Gasteiger partial charge on any atom is -0.368 e. The number of piperazine rings is 1. The SMILES string of the molecule is CC(=O)NCCNc1cc(NC(=O)CN2CCN(Cc3ccncc3)CC2)nc(-c2ccccc2)n1. The fraction of sp³-hybridized carbons (Fsp3) is 0.346. The number of amides is 2. The molecule has 10 nitrogen and oxygen atoms in total. The molecular weight excluding hydrogens is 456 g/mol. The summed E-state index contributed by atoms with van der Waals surface area (Å²) < 4.78 is 0. The smallest absolute Gasteiger partial charge is 0.239 e. The van der Waals surface area contributed by atoms with Crippen molar-refractivity contribution in [1.82, 2.24) is 30.1 Å². The van der Waals surface area contributed by atoms with E-state index in [9.17, 15) is 9.59 Å². The van der Waals surface area contributed by atoms with Gasteiger partial charge in [-0.1, -0.05) is 30.3 Å². The van der Waals surface area contributed by atoms with E-state index >= 15 is 0 Å². The average molecular weight is 489 g/mol. The van der Waals surface area contributed by atoms with Crippen molar-refractivity contribution in [2.24, 2.45) is 0 Å². The molecule has 10 heteroatoms. The molecule has 3 heterocycles. The molecule has 1 aliphatic heterocycles. The van der Waals surface area contributed by atoms with Gasteiger partial charge in [0.25, 0.3) is 0 Å². The lowest BCUT2D eigenvalue weighted by Crippen LogP contribution is -2.48. The van der Waals surface area contributed by atoms with E-state index < -0.39 is 0 Å². The summed E-state index contributed by atoms with van der Waals surface area (Å²) in [6, 6.07) is 15.4. The number of nitrogens with one attached hydrogen (secondary N) is 3. The number of nitrogens with zero attached hydrogens (tertiary/aromatic N) is 5. The van der Waals surface area contributed by atoms with Crippen LogP contribution in [-0.4, -0.2) is 82.4 Å². The molecule has 3 N–H and O–H groups in total. The van der Waals surface area contributed by atoms with Crippen LogP contribution in [0.25, 0.3) is 11.4 Å². The summed E-state index contributed by atoms with van der Waals surface area (Å²) in [6.07, 6.45) is 3.63. The normalized spacial score (nSPS) is 14.2. The third-order valence-electron chi connectivity index (χ3n) is 5.82. The Morgan fingerprint density at radius 1 is 0.889 bits per heavy atom. The second kappa shape index (κ2) is 12.7. The number of hydrogen-bond donors (Lipinski definition) is 3. The first-order chi connectivity index (χ1) is 17.5. The summed E-state index contributed by atoms with van der Waals surface area (Å²) in [5.41, 5.74) is 2.10. The number of anilines is 2. The first kappa shape index (κ1) is 25.2. The van der Waals surface area contributed by atoms with Crippen LogP contribution in [0.3, 0.4) is 0 Å². The molecule has 2 aromatic heterocycles. The lowest BCUT2D eigenvalue weighted by Gasteiger charge is -2.34. The summed E-state index contributed by atoms with van der Waals surface area (Å²) in [5.74, 6) is 1.33. The lowest BCUT2D eigenvalue weighted by molar-refractivity contribution is -0.119. The zero-order chi connectivity index (χ0) is 25.2. The van der Waals surface area contributed by atoms with E-state index in [0.29, 0.717) is 37.1 Å². The molecule has 1 aliphatic rings. The first-order valence-electron chi connectivity index (χ1n) is 12.1. The monoisotopic (exact) mass is 488 g/mol. The van der Waals surface area contributed by atoms with Gasteiger partial charge in [0.15, 0.2) is 5.82 Å². The largest absolute Gasteiger partial charge is 0.368 e. The van der Waals surface area contributed by atoms with Crippen molar-refractivity contribution in [3.63, 3.8) is 0 Å². The highest BCUT2D eigenvalue weighted by Gasteiger charge is 2.19. The van der Waals surface area contributed by atoms with Crippen molar-refractivity contribution >= 4 is 23.5 Å². The van der Waals surface area contributed by atoms with Crippen LogP contribution in [0, 0.1) is 0 Å². The Bertz CT molecular complexity index is 1140. The molecular formula is C26H32N8O2. The van der Waals surface area contributed by atoms with E-state index in [-0.39, 0.29) is 11.8 Å². The molecule has 1 saturated heterocycles. The summed E-state index contributed by atoms with van der Waals surface area (Å²) >= 11 is 0. The van der Waals surface area contributed by atoms with Gasteiger partial charge in [-0.15, -0.1) is 0 Å². The molecule has 0 spiro atoms. The second-order valence-corrected chi connectivity index (χ2v) is 8.69. The molecule has 1 fully saturated rings. The van der Waals surface area contributed by atoms with Crippen LogP contribution in [0.2, 0.25) is 0 Å². The number of carbonyl (C=O) groups is 2. The molecule has 0 radical (unpaired) electrons. The van der Waals surface area contributed by atoms with Gasteiger partial charge in [-0.2, -0.15) is 0 Å². The van der Waals surface area contributed by atoms with Gasteiger partial charge in [0.2, 0.25) is 11.8 Å². The van der Waals surface area contributed by atoms with Gasteiger partial charge in [-0.25, -0.2) is 9.97 Å². The van der Waals surface area contributed by atoms with Crippen LogP contribution >= 0.6 is 0 Å². The fourth-order valence-electron chi connectivity index (χ4n) is 3.98. The van der Waals surface area contributed by atoms with E-state index in [2.05, 4.69) is 40.7 Å². The zero-order valence-corrected chi connectivity index (χ0v) is 20.5. The van der Waals surface area contributed by atoms with Crippen LogP contribution in [0.1, 0.15) is 12.5 Å². The average Bonchev–Trinajstić information content (AvgIpc) is 2.89. The fourth-order valence-corrected chi connectivity index (χ4v) is 3.98. The van der Waals surface area contributed by atoms with Crippen LogP contribution in [0.4, 0.5) is 11.6 Å². The standard InChI is InChI=1S/C26H32N8O2/c1-20(35)28-11-12-29-23-17-24(32-26(31-23)22-5-3-2-4-6-22)30-25(36)19-34-15-13-33(14-16-34)18-21-7-9-27-10-8-21/h2-10,17H,11-16,18-19H2,1H3,(H,28,35)(H2,29,30,31,32,36). The molecule has 0 aliphatic carbocycles. The summed E-state index contributed by atoms with van der Waals surface area (Å²) in [6.45, 7) is 7.11. The second-order valence-electron chi connectivity index (χ2n) is 8.69. The maximum atomic E-state index is 12.8. The Morgan fingerprint density at radius 2 is 1.58 bits per heavy atom. The van der Waals surface area contributed by atoms with Crippen molar-refractivity contribution in [1.29, 1.82) is 0 Å². The molecule has 3 aromatic rings. The van der Waals surface area contributed by atoms with Crippen molar-refractivity contribution in [3.05, 3.63) is 66.5 Å². The van der Waals surface area contributed by atoms with Gasteiger partial charge in [0, 0.05) is 76.8 Å². The van der Waals surface area contributed by atoms with Gasteiger partial charge in [0.1, 0.15) is 11.6 Å². The highest BCUT2D eigenvalue weighted by atomic mass is 16.2. The van der Waals surface area contributed by atoms with Gasteiger partial charge in [-0.05, 0) is 17.7 Å². The summed E-state index contributed by atoms with van der Waals surface area (Å²) in [4.78, 5) is 41.7. The van der Waals surface area contributed by atoms with Crippen LogP contribution in [-0.2, 0) is 16.1 Å². The van der Waals surface area contributed by atoms with Crippen molar-refractivity contribution in [2.75, 3.05) is 56.4 Å². The molecule has 2 amide bonds. The summed E-state index contributed by atoms with van der Waals surface area (Å²) in [5, 5.41) is 8.88. The van der Waals surface area contributed by atoms with E-state index in [1.54, 1.807) is 6.07 Å². The molecule has 36 heavy (non-hydrogen) atoms. The minimum atomic E-state index is -0.112. The Kier molecular flexibility index (Phi) is 8.90. The Hall–Kier alpha value is -3.89. The third kappa shape index (κ3) is 7.82. The van der Waals surface area contributed by atoms with E-state index in [1.807, 2.05) is 54.9 Å². The number of benzene rings is 1. The topological polar surface area (TPSA) is 115 Å². The Balaban J connectivity index is 1.34. The number of pyridine rings is 1. The lowest BCUT2D eigenvalue weighted by atomic mass is 10.2. The molecule has 0 saturated carbocycles. The van der Waals surface area contributed by atoms with Gasteiger partial charge >= 0.3 is 0 Å². The van der Waals surface area contributed by atoms with Crippen molar-refractivity contribution < 1.29 is 9.59 Å². The number of carbonyl (C=O) groups excluding carboxylic acids is 2. The van der Waals surface area contributed by atoms with E-state index in [0.717, 1.165) is 38.3 Å². The van der Waals surface area contributed by atoms with Gasteiger partial charge in [0.05, 0.1) is 6.54 Å². The molecule has 188 valence electrons. The predicted octanol–water partition coefficient (Wildman–Crippen LogP) is 1.84. The minimum absolute atomic E-state index is 0.0874. The highest BCUT2D eigenvalue weighted by Crippen LogP contribution is 2.20. The van der Waals surface area contributed by atoms with Crippen LogP contribution < -0.4 is 16.0 Å². The van der Waals surface area contributed by atoms with E-state index in [1.165, 1.54) is 12.5 Å². The number of aromatic nitrogens is 3. The maximum absolute atomic E-state index is 12.8. The number of rotatable bonds is 10. The van der Waals surface area contributed by atoms with Gasteiger partial charge in [-0.3, -0.25) is 24.4 Å². The van der Waals surface area contributed by atoms with Crippen molar-refractivity contribution in [2.45, 2.75) is 13.5 Å². The predicted molar refractivity (Wildman–Crippen MR) is 139 cm³/mol. The van der Waals surface area contributed by atoms with Crippen LogP contribution in [0.5, 0.6) is 0 Å². The highest BCUT2D eigenvalue weighted by molar-refractivity contribution is 5.92. The maximum Gasteiger partial charge on any atom is 0.239 e. The Morgan fingerprint density at radius 3 is 2.31 bits per heavy atom. The number of hydrogen-bond acceptors (Lipinski definition) is 8. The zero-order valence-electron chi connectivity index (χ0n) is 20.5. The Labute approximate surface area is 211 Å². The molecule has 0 atom stereocenters. The summed E-state index contributed by atoms with van der Waals surface area (Å²) in [7, 11) is 0. The van der Waals surface area contributed by atoms with E-state index in [4.69, 9.17) is 0 Å². The molecule has 0 unspecified atom stereocenters. The van der Waals surface area contributed by atoms with Crippen LogP contribution in [0.15, 0.2) is 60.9 Å². The van der Waals surface area contributed by atoms with Gasteiger partial charge < -0.3 is 16.0 Å². The molecule has 4 rings (SSSR count). The third-order valence-corrected chi connectivity index (χ3v) is 5.82. The van der Waals surface area contributed by atoms with Crippen molar-refractivity contribution in [3.8, 4) is 11.4 Å². The molecule has 0 bridgehead atoms. The molecule has 1 aromatic carbocycles. The first-order valence-corrected chi connectivity index (χ1v) is 12.1. The quantitative estimate of drug-likeness (QED) is 0.371.